The lowest BCUT2D eigenvalue weighted by Crippen LogP contribution is -2.07. The van der Waals surface area contributed by atoms with Crippen molar-refractivity contribution in [2.24, 2.45) is 0 Å². The van der Waals surface area contributed by atoms with Crippen LogP contribution in [0.15, 0.2) is 39.6 Å². The summed E-state index contributed by atoms with van der Waals surface area (Å²) >= 11 is 3.39. The van der Waals surface area contributed by atoms with Gasteiger partial charge < -0.3 is 15.5 Å². The van der Waals surface area contributed by atoms with Gasteiger partial charge in [-0.25, -0.2) is 0 Å². The lowest BCUT2D eigenvalue weighted by Gasteiger charge is -2.09. The molecule has 1 heterocycles. The standard InChI is InChI=1S/C12H11BrN2O2/c1-17-10-3-2-8(13)6-9(10)7-4-11(14)15-12(16)5-7/h2-6H,1H3,(H3,14,15,16). The van der Waals surface area contributed by atoms with Crippen LogP contribution in [0, 0.1) is 0 Å². The monoisotopic (exact) mass is 294 g/mol. The number of nitrogens with two attached hydrogens (primary N) is 1. The SMILES string of the molecule is COc1ccc(Br)cc1-c1cc(N)[nH]c(=O)c1. The molecular formula is C12H11BrN2O2. The number of rotatable bonds is 2. The van der Waals surface area contributed by atoms with Crippen LogP contribution in [0.25, 0.3) is 11.1 Å². The molecule has 0 amide bonds. The average molecular weight is 295 g/mol. The highest BCUT2D eigenvalue weighted by Gasteiger charge is 2.07. The summed E-state index contributed by atoms with van der Waals surface area (Å²) in [4.78, 5) is 13.9. The molecule has 1 aromatic heterocycles. The number of H-pyrrole nitrogens is 1. The van der Waals surface area contributed by atoms with Gasteiger partial charge in [0.05, 0.1) is 7.11 Å². The van der Waals surface area contributed by atoms with Gasteiger partial charge in [-0.2, -0.15) is 0 Å². The summed E-state index contributed by atoms with van der Waals surface area (Å²) in [6.07, 6.45) is 0. The Labute approximate surface area is 107 Å². The number of pyridine rings is 1. The third-order valence-corrected chi connectivity index (χ3v) is 2.83. The molecule has 0 saturated heterocycles. The summed E-state index contributed by atoms with van der Waals surface area (Å²) in [5.74, 6) is 1.02. The average Bonchev–Trinajstić information content (AvgIpc) is 2.27. The van der Waals surface area contributed by atoms with Crippen molar-refractivity contribution < 1.29 is 4.74 Å². The molecule has 0 saturated carbocycles. The fourth-order valence-electron chi connectivity index (χ4n) is 1.63. The van der Waals surface area contributed by atoms with E-state index in [4.69, 9.17) is 10.5 Å². The van der Waals surface area contributed by atoms with E-state index in [9.17, 15) is 4.79 Å². The third kappa shape index (κ3) is 2.50. The highest BCUT2D eigenvalue weighted by molar-refractivity contribution is 9.10. The van der Waals surface area contributed by atoms with Gasteiger partial charge in [0.2, 0.25) is 5.56 Å². The van der Waals surface area contributed by atoms with E-state index >= 15 is 0 Å². The third-order valence-electron chi connectivity index (χ3n) is 2.34. The molecule has 0 spiro atoms. The Hall–Kier alpha value is -1.75. The number of nitrogens with one attached hydrogen (secondary N) is 1. The number of nitrogen functional groups attached to an aromatic ring is 1. The van der Waals surface area contributed by atoms with Crippen LogP contribution in [0.5, 0.6) is 5.75 Å². The highest BCUT2D eigenvalue weighted by atomic mass is 79.9. The van der Waals surface area contributed by atoms with Gasteiger partial charge in [-0.05, 0) is 29.8 Å². The largest absolute Gasteiger partial charge is 0.496 e. The Bertz CT molecular complexity index is 608. The molecule has 0 aliphatic heterocycles. The number of hydrogen-bond donors (Lipinski definition) is 2. The van der Waals surface area contributed by atoms with Crippen molar-refractivity contribution in [2.75, 3.05) is 12.8 Å². The maximum Gasteiger partial charge on any atom is 0.250 e. The van der Waals surface area contributed by atoms with E-state index in [1.165, 1.54) is 6.07 Å². The summed E-state index contributed by atoms with van der Waals surface area (Å²) in [5.41, 5.74) is 6.93. The van der Waals surface area contributed by atoms with Crippen molar-refractivity contribution in [2.45, 2.75) is 0 Å². The molecule has 0 aliphatic carbocycles. The number of methoxy groups -OCH3 is 1. The molecule has 4 nitrogen and oxygen atoms in total. The zero-order valence-corrected chi connectivity index (χ0v) is 10.7. The summed E-state index contributed by atoms with van der Waals surface area (Å²) in [7, 11) is 1.59. The van der Waals surface area contributed by atoms with Crippen molar-refractivity contribution in [1.82, 2.24) is 4.98 Å². The quantitative estimate of drug-likeness (QED) is 0.894. The summed E-state index contributed by atoms with van der Waals surface area (Å²) < 4.78 is 6.17. The van der Waals surface area contributed by atoms with Crippen molar-refractivity contribution in [1.29, 1.82) is 0 Å². The molecule has 0 fully saturated rings. The lowest BCUT2D eigenvalue weighted by atomic mass is 10.1. The van der Waals surface area contributed by atoms with Gasteiger partial charge >= 0.3 is 0 Å². The predicted molar refractivity (Wildman–Crippen MR) is 71.2 cm³/mol. The van der Waals surface area contributed by atoms with E-state index in [0.29, 0.717) is 11.6 Å². The summed E-state index contributed by atoms with van der Waals surface area (Å²) in [5, 5.41) is 0. The maximum atomic E-state index is 11.4. The molecule has 0 aliphatic rings. The minimum absolute atomic E-state index is 0.234. The van der Waals surface area contributed by atoms with Gasteiger partial charge in [-0.15, -0.1) is 0 Å². The van der Waals surface area contributed by atoms with Crippen LogP contribution in [-0.4, -0.2) is 12.1 Å². The second kappa shape index (κ2) is 4.63. The second-order valence-electron chi connectivity index (χ2n) is 3.53. The van der Waals surface area contributed by atoms with Crippen molar-refractivity contribution in [3.05, 3.63) is 45.2 Å². The molecule has 2 aromatic rings. The Kier molecular flexibility index (Phi) is 3.19. The first kappa shape index (κ1) is 11.7. The lowest BCUT2D eigenvalue weighted by molar-refractivity contribution is 0.416. The number of halogens is 1. The van der Waals surface area contributed by atoms with Gasteiger partial charge in [0.1, 0.15) is 11.6 Å². The van der Waals surface area contributed by atoms with Crippen LogP contribution in [0.3, 0.4) is 0 Å². The molecule has 3 N–H and O–H groups in total. The number of hydrogen-bond acceptors (Lipinski definition) is 3. The number of aromatic amines is 1. The molecule has 1 aromatic carbocycles. The molecule has 17 heavy (non-hydrogen) atoms. The maximum absolute atomic E-state index is 11.4. The minimum atomic E-state index is -0.234. The Balaban J connectivity index is 2.66. The van der Waals surface area contributed by atoms with Gasteiger partial charge in [0.25, 0.3) is 0 Å². The van der Waals surface area contributed by atoms with Crippen LogP contribution >= 0.6 is 15.9 Å². The highest BCUT2D eigenvalue weighted by Crippen LogP contribution is 2.32. The Morgan fingerprint density at radius 3 is 2.71 bits per heavy atom. The second-order valence-corrected chi connectivity index (χ2v) is 4.45. The van der Waals surface area contributed by atoms with E-state index in [2.05, 4.69) is 20.9 Å². The van der Waals surface area contributed by atoms with Crippen LogP contribution in [0.1, 0.15) is 0 Å². The number of ether oxygens (including phenoxy) is 1. The Morgan fingerprint density at radius 2 is 2.06 bits per heavy atom. The number of aromatic nitrogens is 1. The zero-order chi connectivity index (χ0) is 12.4. The van der Waals surface area contributed by atoms with Gasteiger partial charge in [-0.1, -0.05) is 15.9 Å². The molecule has 88 valence electrons. The zero-order valence-electron chi connectivity index (χ0n) is 9.16. The van der Waals surface area contributed by atoms with Gasteiger partial charge in [0, 0.05) is 16.1 Å². The molecule has 0 atom stereocenters. The minimum Gasteiger partial charge on any atom is -0.496 e. The van der Waals surface area contributed by atoms with Crippen molar-refractivity contribution >= 4 is 21.7 Å². The van der Waals surface area contributed by atoms with Gasteiger partial charge in [-0.3, -0.25) is 4.79 Å². The summed E-state index contributed by atoms with van der Waals surface area (Å²) in [6, 6.07) is 8.77. The first-order valence-corrected chi connectivity index (χ1v) is 5.73. The fraction of sp³-hybridized carbons (Fsp3) is 0.0833. The first-order chi connectivity index (χ1) is 8.10. The van der Waals surface area contributed by atoms with E-state index in [1.54, 1.807) is 13.2 Å². The smallest absolute Gasteiger partial charge is 0.250 e. The van der Waals surface area contributed by atoms with Crippen LogP contribution < -0.4 is 16.0 Å². The van der Waals surface area contributed by atoms with E-state index in [1.807, 2.05) is 18.2 Å². The van der Waals surface area contributed by atoms with E-state index < -0.39 is 0 Å². The summed E-state index contributed by atoms with van der Waals surface area (Å²) in [6.45, 7) is 0. The molecule has 0 bridgehead atoms. The fourth-order valence-corrected chi connectivity index (χ4v) is 1.99. The van der Waals surface area contributed by atoms with Crippen molar-refractivity contribution in [3.8, 4) is 16.9 Å². The Morgan fingerprint density at radius 1 is 1.29 bits per heavy atom. The van der Waals surface area contributed by atoms with E-state index in [-0.39, 0.29) is 5.56 Å². The van der Waals surface area contributed by atoms with Crippen LogP contribution in [0.2, 0.25) is 0 Å². The molecule has 0 radical (unpaired) electrons. The molecule has 2 rings (SSSR count). The molecule has 0 unspecified atom stereocenters. The number of benzene rings is 1. The predicted octanol–water partition coefficient (Wildman–Crippen LogP) is 2.40. The molecule has 5 heteroatoms. The van der Waals surface area contributed by atoms with E-state index in [0.717, 1.165) is 15.6 Å². The normalized spacial score (nSPS) is 10.2. The van der Waals surface area contributed by atoms with Crippen molar-refractivity contribution in [3.63, 3.8) is 0 Å². The first-order valence-electron chi connectivity index (χ1n) is 4.94. The van der Waals surface area contributed by atoms with Crippen LogP contribution in [-0.2, 0) is 0 Å². The number of anilines is 1. The van der Waals surface area contributed by atoms with Gasteiger partial charge in [0.15, 0.2) is 0 Å². The molecular weight excluding hydrogens is 284 g/mol. The topological polar surface area (TPSA) is 68.1 Å². The van der Waals surface area contributed by atoms with Crippen LogP contribution in [0.4, 0.5) is 5.82 Å².